The molecule has 128 valence electrons. The van der Waals surface area contributed by atoms with Gasteiger partial charge in [-0.25, -0.2) is 9.97 Å². The molecule has 1 aliphatic heterocycles. The van der Waals surface area contributed by atoms with Crippen molar-refractivity contribution in [1.29, 1.82) is 0 Å². The molecule has 0 aromatic carbocycles. The molecule has 0 radical (unpaired) electrons. The number of fused-ring (bicyclic) bond motifs is 1. The predicted octanol–water partition coefficient (Wildman–Crippen LogP) is 4.16. The average molecular weight is 371 g/mol. The summed E-state index contributed by atoms with van der Waals surface area (Å²) in [6, 6.07) is 2.20. The molecule has 25 heavy (non-hydrogen) atoms. The second-order valence-corrected chi connectivity index (χ2v) is 7.69. The Labute approximate surface area is 154 Å². The maximum absolute atomic E-state index is 5.80. The van der Waals surface area contributed by atoms with E-state index in [9.17, 15) is 0 Å². The molecular weight excluding hydrogens is 354 g/mol. The third-order valence-corrected chi connectivity index (χ3v) is 6.02. The van der Waals surface area contributed by atoms with Crippen LogP contribution in [0.15, 0.2) is 36.1 Å². The van der Waals surface area contributed by atoms with Gasteiger partial charge in [0.1, 0.15) is 10.7 Å². The second kappa shape index (κ2) is 5.95. The van der Waals surface area contributed by atoms with Crippen molar-refractivity contribution in [2.75, 3.05) is 13.2 Å². The zero-order chi connectivity index (χ0) is 16.9. The van der Waals surface area contributed by atoms with Crippen LogP contribution in [0.1, 0.15) is 24.8 Å². The lowest BCUT2D eigenvalue weighted by atomic mass is 9.90. The molecule has 4 heterocycles. The van der Waals surface area contributed by atoms with Crippen LogP contribution in [0.5, 0.6) is 0 Å². The van der Waals surface area contributed by atoms with Gasteiger partial charge in [-0.2, -0.15) is 0 Å². The van der Waals surface area contributed by atoms with Crippen LogP contribution in [0, 0.1) is 0 Å². The molecule has 0 bridgehead atoms. The summed E-state index contributed by atoms with van der Waals surface area (Å²) in [6.45, 7) is 1.40. The van der Waals surface area contributed by atoms with E-state index in [4.69, 9.17) is 9.47 Å². The quantitative estimate of drug-likeness (QED) is 0.687. The third kappa shape index (κ3) is 2.62. The number of aromatic nitrogens is 3. The second-order valence-electron chi connectivity index (χ2n) is 6.36. The molecule has 5 rings (SSSR count). The molecule has 2 aliphatic rings. The van der Waals surface area contributed by atoms with Crippen molar-refractivity contribution in [3.63, 3.8) is 0 Å². The first-order chi connectivity index (χ1) is 12.2. The summed E-state index contributed by atoms with van der Waals surface area (Å²) in [5.74, 6) is -0.387. The van der Waals surface area contributed by atoms with Crippen LogP contribution in [0.25, 0.3) is 27.2 Å². The van der Waals surface area contributed by atoms with Crippen molar-refractivity contribution >= 4 is 40.8 Å². The van der Waals surface area contributed by atoms with Crippen molar-refractivity contribution in [2.45, 2.75) is 25.0 Å². The van der Waals surface area contributed by atoms with Crippen molar-refractivity contribution in [3.8, 4) is 10.6 Å². The largest absolute Gasteiger partial charge is 0.347 e. The zero-order valence-corrected chi connectivity index (χ0v) is 15.2. The summed E-state index contributed by atoms with van der Waals surface area (Å²) in [7, 11) is 0. The zero-order valence-electron chi connectivity index (χ0n) is 13.5. The SMILES string of the molecule is Sn1cc(-c2nccs2)c2cc(C3=CCC4(CC3)OCCO4)cnc21. The molecule has 3 aromatic rings. The van der Waals surface area contributed by atoms with Crippen LogP contribution in [-0.2, 0) is 9.47 Å². The van der Waals surface area contributed by atoms with Crippen LogP contribution < -0.4 is 0 Å². The molecule has 1 fully saturated rings. The third-order valence-electron chi connectivity index (χ3n) is 4.91. The highest BCUT2D eigenvalue weighted by Gasteiger charge is 2.37. The van der Waals surface area contributed by atoms with Gasteiger partial charge in [0.15, 0.2) is 5.79 Å². The van der Waals surface area contributed by atoms with Gasteiger partial charge in [-0.1, -0.05) is 18.9 Å². The Morgan fingerprint density at radius 2 is 2.12 bits per heavy atom. The van der Waals surface area contributed by atoms with E-state index in [-0.39, 0.29) is 5.79 Å². The fraction of sp³-hybridized carbons (Fsp3) is 0.333. The summed E-state index contributed by atoms with van der Waals surface area (Å²) in [4.78, 5) is 9.07. The Kier molecular flexibility index (Phi) is 3.71. The van der Waals surface area contributed by atoms with Crippen molar-refractivity contribution in [2.24, 2.45) is 0 Å². The van der Waals surface area contributed by atoms with Gasteiger partial charge in [-0.15, -0.1) is 11.3 Å². The van der Waals surface area contributed by atoms with E-state index in [2.05, 4.69) is 34.9 Å². The summed E-state index contributed by atoms with van der Waals surface area (Å²) < 4.78 is 13.4. The van der Waals surface area contributed by atoms with Gasteiger partial charge in [0, 0.05) is 47.8 Å². The fourth-order valence-corrected chi connectivity index (χ4v) is 4.56. The molecule has 7 heteroatoms. The number of allylic oxidation sites excluding steroid dienone is 1. The van der Waals surface area contributed by atoms with E-state index in [1.165, 1.54) is 5.57 Å². The number of hydrogen-bond donors (Lipinski definition) is 1. The number of rotatable bonds is 2. The normalized spacial score (nSPS) is 19.6. The Morgan fingerprint density at radius 3 is 2.84 bits per heavy atom. The number of pyridine rings is 1. The highest BCUT2D eigenvalue weighted by molar-refractivity contribution is 7.78. The minimum atomic E-state index is -0.387. The van der Waals surface area contributed by atoms with Gasteiger partial charge in [0.05, 0.1) is 13.2 Å². The average Bonchev–Trinajstić information content (AvgIpc) is 3.37. The summed E-state index contributed by atoms with van der Waals surface area (Å²) in [5, 5.41) is 4.05. The Hall–Kier alpha value is -1.67. The summed E-state index contributed by atoms with van der Waals surface area (Å²) in [6.07, 6.45) is 10.6. The van der Waals surface area contributed by atoms with Gasteiger partial charge in [0.2, 0.25) is 0 Å². The molecular formula is C18H17N3O2S2. The van der Waals surface area contributed by atoms with Gasteiger partial charge in [-0.05, 0) is 23.6 Å². The lowest BCUT2D eigenvalue weighted by Crippen LogP contribution is -2.31. The number of hydrogen-bond acceptors (Lipinski definition) is 6. The van der Waals surface area contributed by atoms with Gasteiger partial charge in [-0.3, -0.25) is 3.97 Å². The van der Waals surface area contributed by atoms with E-state index >= 15 is 0 Å². The lowest BCUT2D eigenvalue weighted by molar-refractivity contribution is -0.159. The van der Waals surface area contributed by atoms with Crippen molar-refractivity contribution in [1.82, 2.24) is 13.9 Å². The summed E-state index contributed by atoms with van der Waals surface area (Å²) >= 11 is 6.13. The molecule has 0 N–H and O–H groups in total. The van der Waals surface area contributed by atoms with Gasteiger partial charge < -0.3 is 9.47 Å². The highest BCUT2D eigenvalue weighted by Crippen LogP contribution is 2.39. The van der Waals surface area contributed by atoms with Crippen LogP contribution in [0.3, 0.4) is 0 Å². The van der Waals surface area contributed by atoms with E-state index in [1.807, 2.05) is 24.0 Å². The van der Waals surface area contributed by atoms with Crippen molar-refractivity contribution in [3.05, 3.63) is 41.7 Å². The van der Waals surface area contributed by atoms with E-state index < -0.39 is 0 Å². The molecule has 0 unspecified atom stereocenters. The first-order valence-electron chi connectivity index (χ1n) is 8.32. The molecule has 1 saturated heterocycles. The Morgan fingerprint density at radius 1 is 1.24 bits per heavy atom. The molecule has 0 saturated carbocycles. The Bertz CT molecular complexity index is 956. The first kappa shape index (κ1) is 15.6. The van der Waals surface area contributed by atoms with Crippen LogP contribution in [0.2, 0.25) is 0 Å². The number of ether oxygens (including phenoxy) is 2. The molecule has 1 aliphatic carbocycles. The minimum Gasteiger partial charge on any atom is -0.347 e. The minimum absolute atomic E-state index is 0.387. The molecule has 0 atom stereocenters. The Balaban J connectivity index is 1.54. The molecule has 0 amide bonds. The topological polar surface area (TPSA) is 49.2 Å². The molecule has 3 aromatic heterocycles. The number of thiazole rings is 1. The first-order valence-corrected chi connectivity index (χ1v) is 9.60. The number of thiol groups is 1. The maximum atomic E-state index is 5.80. The maximum Gasteiger partial charge on any atom is 0.172 e. The fourth-order valence-electron chi connectivity index (χ4n) is 3.62. The molecule has 5 nitrogen and oxygen atoms in total. The predicted molar refractivity (Wildman–Crippen MR) is 102 cm³/mol. The van der Waals surface area contributed by atoms with E-state index in [0.717, 1.165) is 46.4 Å². The van der Waals surface area contributed by atoms with Crippen LogP contribution in [0.4, 0.5) is 0 Å². The van der Waals surface area contributed by atoms with Gasteiger partial charge >= 0.3 is 0 Å². The summed E-state index contributed by atoms with van der Waals surface area (Å²) in [5.41, 5.74) is 4.38. The van der Waals surface area contributed by atoms with E-state index in [1.54, 1.807) is 15.3 Å². The molecule has 1 spiro atoms. The highest BCUT2D eigenvalue weighted by atomic mass is 32.1. The monoisotopic (exact) mass is 371 g/mol. The van der Waals surface area contributed by atoms with Gasteiger partial charge in [0.25, 0.3) is 0 Å². The lowest BCUT2D eigenvalue weighted by Gasteiger charge is -2.30. The van der Waals surface area contributed by atoms with E-state index in [0.29, 0.717) is 13.2 Å². The van der Waals surface area contributed by atoms with Crippen molar-refractivity contribution < 1.29 is 9.47 Å². The van der Waals surface area contributed by atoms with Crippen LogP contribution in [-0.4, -0.2) is 32.9 Å². The number of nitrogens with zero attached hydrogens (tertiary/aromatic N) is 3. The van der Waals surface area contributed by atoms with Crippen LogP contribution >= 0.6 is 24.2 Å². The standard InChI is InChI=1S/C18H17N3O2S2/c24-21-11-15(17-19-5-8-25-17)14-9-13(10-20-16(14)21)12-1-3-18(4-2-12)22-6-7-23-18/h1,5,8-11,24H,2-4,6-7H2. The smallest absolute Gasteiger partial charge is 0.172 e.